The summed E-state index contributed by atoms with van der Waals surface area (Å²) < 4.78 is 49.2. The van der Waals surface area contributed by atoms with E-state index in [1.807, 2.05) is 0 Å². The highest BCUT2D eigenvalue weighted by molar-refractivity contribution is 6.38. The number of ketones is 2. The number of amides is 1. The minimum atomic E-state index is -4.52. The number of carbonyl (C=O) groups is 3. The van der Waals surface area contributed by atoms with Crippen LogP contribution >= 0.6 is 0 Å². The van der Waals surface area contributed by atoms with Gasteiger partial charge >= 0.3 is 6.18 Å². The maximum Gasteiger partial charge on any atom is 0.416 e. The number of alkyl halides is 3. The average molecular weight is 537 g/mol. The van der Waals surface area contributed by atoms with Crippen molar-refractivity contribution < 1.29 is 37.0 Å². The van der Waals surface area contributed by atoms with Gasteiger partial charge < -0.3 is 14.8 Å². The number of carbonyl (C=O) groups excluding carboxylic acids is 3. The number of ether oxygens (including phenoxy) is 2. The molecular formula is C29H23F3N2O5. The molecule has 1 amide bonds. The van der Waals surface area contributed by atoms with Crippen LogP contribution in [0.2, 0.25) is 0 Å². The summed E-state index contributed by atoms with van der Waals surface area (Å²) in [5, 5.41) is 2.63. The fraction of sp³-hybridized carbons (Fsp3) is 0.172. The normalized spacial score (nSPS) is 14.0. The first-order valence-corrected chi connectivity index (χ1v) is 11.6. The largest absolute Gasteiger partial charge is 0.489 e. The van der Waals surface area contributed by atoms with Crippen molar-refractivity contribution in [2.24, 2.45) is 0 Å². The monoisotopic (exact) mass is 536 g/mol. The van der Waals surface area contributed by atoms with Gasteiger partial charge in [0.25, 0.3) is 5.91 Å². The molecule has 0 fully saturated rings. The summed E-state index contributed by atoms with van der Waals surface area (Å²) in [4.78, 5) is 43.9. The number of anilines is 1. The van der Waals surface area contributed by atoms with Crippen LogP contribution in [-0.4, -0.2) is 36.7 Å². The SMILES string of the molecule is COC1=C(OC)C(=O)C(c2cc(C)c(-c3ccncc3)c(C(=O)Nc3ccc(C(F)(F)F)cc3)c2)=C(C)C1=O. The quantitative estimate of drug-likeness (QED) is 0.403. The number of pyridine rings is 1. The van der Waals surface area contributed by atoms with Gasteiger partial charge in [0.15, 0.2) is 0 Å². The van der Waals surface area contributed by atoms with Crippen LogP contribution in [0.3, 0.4) is 0 Å². The molecule has 0 atom stereocenters. The van der Waals surface area contributed by atoms with E-state index in [0.717, 1.165) is 24.3 Å². The number of benzene rings is 2. The molecule has 0 saturated heterocycles. The van der Waals surface area contributed by atoms with Gasteiger partial charge in [0.1, 0.15) is 0 Å². The molecule has 0 aliphatic heterocycles. The van der Waals surface area contributed by atoms with E-state index in [0.29, 0.717) is 22.3 Å². The molecule has 10 heteroatoms. The van der Waals surface area contributed by atoms with Gasteiger partial charge in [-0.25, -0.2) is 0 Å². The molecule has 1 aliphatic carbocycles. The molecule has 0 spiro atoms. The minimum absolute atomic E-state index is 0.0469. The highest BCUT2D eigenvalue weighted by Crippen LogP contribution is 2.37. The predicted molar refractivity (Wildman–Crippen MR) is 137 cm³/mol. The molecular weight excluding hydrogens is 513 g/mol. The number of aromatic nitrogens is 1. The second-order valence-corrected chi connectivity index (χ2v) is 8.71. The van der Waals surface area contributed by atoms with E-state index in [1.165, 1.54) is 27.2 Å². The summed E-state index contributed by atoms with van der Waals surface area (Å²) in [5.74, 6) is -2.21. The molecule has 0 radical (unpaired) electrons. The zero-order valence-electron chi connectivity index (χ0n) is 21.4. The van der Waals surface area contributed by atoms with Crippen molar-refractivity contribution in [1.82, 2.24) is 4.98 Å². The van der Waals surface area contributed by atoms with Crippen LogP contribution in [0.5, 0.6) is 0 Å². The van der Waals surface area contributed by atoms with Gasteiger partial charge in [0, 0.05) is 34.8 Å². The van der Waals surface area contributed by atoms with Crippen LogP contribution in [0.25, 0.3) is 16.7 Å². The Morgan fingerprint density at radius 1 is 0.846 bits per heavy atom. The van der Waals surface area contributed by atoms with Crippen molar-refractivity contribution in [3.63, 3.8) is 0 Å². The number of allylic oxidation sites excluding steroid dienone is 2. The molecule has 4 rings (SSSR count). The molecule has 0 unspecified atom stereocenters. The highest BCUT2D eigenvalue weighted by Gasteiger charge is 2.36. The summed E-state index contributed by atoms with van der Waals surface area (Å²) in [5.41, 5.74) is 1.67. The number of aryl methyl sites for hydroxylation is 1. The lowest BCUT2D eigenvalue weighted by atomic mass is 9.84. The van der Waals surface area contributed by atoms with Gasteiger partial charge in [0.05, 0.1) is 19.8 Å². The number of hydrogen-bond donors (Lipinski definition) is 1. The van der Waals surface area contributed by atoms with Crippen molar-refractivity contribution in [3.8, 4) is 11.1 Å². The fourth-order valence-electron chi connectivity index (χ4n) is 4.45. The Labute approximate surface area is 222 Å². The number of nitrogens with one attached hydrogen (secondary N) is 1. The molecule has 0 bridgehead atoms. The number of methoxy groups -OCH3 is 2. The summed E-state index contributed by atoms with van der Waals surface area (Å²) in [7, 11) is 2.51. The molecule has 200 valence electrons. The molecule has 1 N–H and O–H groups in total. The van der Waals surface area contributed by atoms with Crippen LogP contribution in [0, 0.1) is 6.92 Å². The number of Topliss-reactive ketones (excluding diaryl/α,β-unsaturated/α-hetero) is 2. The van der Waals surface area contributed by atoms with Crippen LogP contribution in [0.4, 0.5) is 18.9 Å². The molecule has 1 heterocycles. The fourth-order valence-corrected chi connectivity index (χ4v) is 4.45. The molecule has 7 nitrogen and oxygen atoms in total. The lowest BCUT2D eigenvalue weighted by Gasteiger charge is -2.22. The molecule has 0 saturated carbocycles. The van der Waals surface area contributed by atoms with E-state index in [9.17, 15) is 27.6 Å². The summed E-state index contributed by atoms with van der Waals surface area (Å²) >= 11 is 0. The number of rotatable bonds is 6. The lowest BCUT2D eigenvalue weighted by molar-refractivity contribution is -0.137. The Morgan fingerprint density at radius 3 is 2.00 bits per heavy atom. The zero-order valence-corrected chi connectivity index (χ0v) is 21.4. The summed E-state index contributed by atoms with van der Waals surface area (Å²) in [6.45, 7) is 3.22. The first-order chi connectivity index (χ1) is 18.5. The first-order valence-electron chi connectivity index (χ1n) is 11.6. The Morgan fingerprint density at radius 2 is 1.44 bits per heavy atom. The number of halogens is 3. The van der Waals surface area contributed by atoms with E-state index in [4.69, 9.17) is 9.47 Å². The molecule has 2 aromatic carbocycles. The van der Waals surface area contributed by atoms with Crippen molar-refractivity contribution in [1.29, 1.82) is 0 Å². The number of hydrogen-bond acceptors (Lipinski definition) is 6. The predicted octanol–water partition coefficient (Wildman–Crippen LogP) is 5.76. The van der Waals surface area contributed by atoms with E-state index < -0.39 is 29.2 Å². The van der Waals surface area contributed by atoms with Crippen molar-refractivity contribution >= 4 is 28.7 Å². The zero-order chi connectivity index (χ0) is 28.5. The van der Waals surface area contributed by atoms with E-state index in [2.05, 4.69) is 10.3 Å². The Bertz CT molecular complexity index is 1540. The van der Waals surface area contributed by atoms with Gasteiger partial charge in [-0.05, 0) is 78.6 Å². The van der Waals surface area contributed by atoms with Gasteiger partial charge in [-0.3, -0.25) is 19.4 Å². The van der Waals surface area contributed by atoms with Crippen LogP contribution in [0.15, 0.2) is 78.0 Å². The summed E-state index contributed by atoms with van der Waals surface area (Å²) in [6, 6.07) is 10.6. The third-order valence-electron chi connectivity index (χ3n) is 6.28. The van der Waals surface area contributed by atoms with Crippen LogP contribution in [-0.2, 0) is 25.2 Å². The van der Waals surface area contributed by atoms with Crippen molar-refractivity contribution in [3.05, 3.63) is 100 Å². The van der Waals surface area contributed by atoms with Crippen LogP contribution < -0.4 is 5.32 Å². The molecule has 1 aromatic heterocycles. The van der Waals surface area contributed by atoms with Crippen molar-refractivity contribution in [2.45, 2.75) is 20.0 Å². The lowest BCUT2D eigenvalue weighted by Crippen LogP contribution is -2.24. The third-order valence-corrected chi connectivity index (χ3v) is 6.28. The molecule has 3 aromatic rings. The topological polar surface area (TPSA) is 94.6 Å². The molecule has 39 heavy (non-hydrogen) atoms. The van der Waals surface area contributed by atoms with Crippen molar-refractivity contribution in [2.75, 3.05) is 19.5 Å². The minimum Gasteiger partial charge on any atom is -0.489 e. The highest BCUT2D eigenvalue weighted by atomic mass is 19.4. The van der Waals surface area contributed by atoms with E-state index in [1.54, 1.807) is 37.5 Å². The summed E-state index contributed by atoms with van der Waals surface area (Å²) in [6.07, 6.45) is -1.41. The average Bonchev–Trinajstić information content (AvgIpc) is 2.90. The van der Waals surface area contributed by atoms with E-state index >= 15 is 0 Å². The van der Waals surface area contributed by atoms with Gasteiger partial charge in [0.2, 0.25) is 23.1 Å². The van der Waals surface area contributed by atoms with Gasteiger partial charge in [-0.1, -0.05) is 6.07 Å². The van der Waals surface area contributed by atoms with Crippen LogP contribution in [0.1, 0.15) is 34.0 Å². The van der Waals surface area contributed by atoms with Gasteiger partial charge in [-0.15, -0.1) is 0 Å². The van der Waals surface area contributed by atoms with E-state index in [-0.39, 0.29) is 33.9 Å². The smallest absolute Gasteiger partial charge is 0.416 e. The maximum atomic E-state index is 13.6. The Kier molecular flexibility index (Phi) is 7.40. The second-order valence-electron chi connectivity index (χ2n) is 8.71. The first kappa shape index (κ1) is 27.3. The second kappa shape index (κ2) is 10.6. The standard InChI is InChI=1S/C29H23F3N2O5/c1-15-13-18(23-16(2)24(35)26(38-3)27(39-4)25(23)36)14-21(22(15)17-9-11-33-12-10-17)28(37)34-20-7-5-19(6-8-20)29(30,31)32/h5-14H,1-4H3,(H,34,37). The number of nitrogens with zero attached hydrogens (tertiary/aromatic N) is 1. The Hall–Kier alpha value is -4.73. The third kappa shape index (κ3) is 5.18. The maximum absolute atomic E-state index is 13.6. The molecule has 1 aliphatic rings. The van der Waals surface area contributed by atoms with Gasteiger partial charge in [-0.2, -0.15) is 13.2 Å². The Balaban J connectivity index is 1.85.